The van der Waals surface area contributed by atoms with Crippen molar-refractivity contribution in [2.45, 2.75) is 52.4 Å². The molecule has 29 heavy (non-hydrogen) atoms. The van der Waals surface area contributed by atoms with Crippen LogP contribution in [0.2, 0.25) is 0 Å². The van der Waals surface area contributed by atoms with Gasteiger partial charge in [-0.05, 0) is 0 Å². The Morgan fingerprint density at radius 2 is 1.34 bits per heavy atom. The molecule has 0 saturated carbocycles. The molecule has 2 nitrogen and oxygen atoms in total. The van der Waals surface area contributed by atoms with Gasteiger partial charge < -0.3 is 0 Å². The van der Waals surface area contributed by atoms with Gasteiger partial charge in [-0.25, -0.2) is 0 Å². The summed E-state index contributed by atoms with van der Waals surface area (Å²) in [6.07, 6.45) is 0. The average Bonchev–Trinajstić information content (AvgIpc) is 2.64. The standard InChI is InChI=1S/C26H31NOSe/c1-25(2,3)18-16-20(26(4,5)6)24(28)22(17-18)27-21-14-10-11-15-23(21)29-19-12-8-7-9-13-19/h7-17,27-28H,1-6H3. The first kappa shape index (κ1) is 21.5. The first-order valence-corrected chi connectivity index (χ1v) is 11.7. The summed E-state index contributed by atoms with van der Waals surface area (Å²) in [4.78, 5) is 0. The first-order chi connectivity index (χ1) is 13.6. The molecule has 0 aromatic heterocycles. The first-order valence-electron chi connectivity index (χ1n) is 10.0. The Morgan fingerprint density at radius 1 is 0.724 bits per heavy atom. The van der Waals surface area contributed by atoms with Crippen molar-refractivity contribution in [3.8, 4) is 5.75 Å². The van der Waals surface area contributed by atoms with E-state index in [4.69, 9.17) is 0 Å². The number of phenolic OH excluding ortho intramolecular Hbond substituents is 1. The van der Waals surface area contributed by atoms with Gasteiger partial charge in [0.2, 0.25) is 0 Å². The number of para-hydroxylation sites is 1. The van der Waals surface area contributed by atoms with Gasteiger partial charge in [0, 0.05) is 0 Å². The van der Waals surface area contributed by atoms with Crippen molar-refractivity contribution in [2.75, 3.05) is 5.32 Å². The Bertz CT molecular complexity index is 982. The predicted octanol–water partition coefficient (Wildman–Crippen LogP) is 5.39. The van der Waals surface area contributed by atoms with E-state index in [0.717, 1.165) is 16.9 Å². The third-order valence-electron chi connectivity index (χ3n) is 4.91. The van der Waals surface area contributed by atoms with Crippen molar-refractivity contribution < 1.29 is 5.11 Å². The quantitative estimate of drug-likeness (QED) is 0.411. The fourth-order valence-electron chi connectivity index (χ4n) is 3.15. The van der Waals surface area contributed by atoms with E-state index < -0.39 is 0 Å². The molecule has 152 valence electrons. The molecule has 0 aliphatic rings. The number of hydrogen-bond donors (Lipinski definition) is 2. The van der Waals surface area contributed by atoms with Gasteiger partial charge >= 0.3 is 182 Å². The van der Waals surface area contributed by atoms with Crippen molar-refractivity contribution in [1.29, 1.82) is 0 Å². The molecular weight excluding hydrogens is 421 g/mol. The second-order valence-corrected chi connectivity index (χ2v) is 11.8. The van der Waals surface area contributed by atoms with Crippen LogP contribution in [0.5, 0.6) is 5.75 Å². The van der Waals surface area contributed by atoms with E-state index in [9.17, 15) is 5.11 Å². The average molecular weight is 453 g/mol. The van der Waals surface area contributed by atoms with Gasteiger partial charge in [-0.1, -0.05) is 0 Å². The summed E-state index contributed by atoms with van der Waals surface area (Å²) >= 11 is 0.189. The van der Waals surface area contributed by atoms with Gasteiger partial charge in [0.15, 0.2) is 0 Å². The molecule has 0 spiro atoms. The van der Waals surface area contributed by atoms with E-state index in [1.165, 1.54) is 14.5 Å². The number of rotatable bonds is 4. The van der Waals surface area contributed by atoms with Crippen LogP contribution in [0.3, 0.4) is 0 Å². The third kappa shape index (κ3) is 5.23. The Hall–Kier alpha value is -2.22. The van der Waals surface area contributed by atoms with Crippen LogP contribution in [0.4, 0.5) is 11.4 Å². The van der Waals surface area contributed by atoms with Crippen molar-refractivity contribution in [2.24, 2.45) is 0 Å². The van der Waals surface area contributed by atoms with Crippen molar-refractivity contribution >= 4 is 35.3 Å². The van der Waals surface area contributed by atoms with E-state index in [-0.39, 0.29) is 25.8 Å². The predicted molar refractivity (Wildman–Crippen MR) is 127 cm³/mol. The fraction of sp³-hybridized carbons (Fsp3) is 0.308. The van der Waals surface area contributed by atoms with Crippen LogP contribution in [-0.4, -0.2) is 20.1 Å². The second kappa shape index (κ2) is 8.26. The summed E-state index contributed by atoms with van der Waals surface area (Å²) in [5, 5.41) is 14.7. The topological polar surface area (TPSA) is 32.3 Å². The zero-order valence-electron chi connectivity index (χ0n) is 18.2. The SMILES string of the molecule is CC(C)(C)c1cc(Nc2ccccc2[Se]c2ccccc2)c(O)c(C(C)(C)C)c1. The molecule has 0 atom stereocenters. The zero-order valence-corrected chi connectivity index (χ0v) is 19.9. The molecule has 0 bridgehead atoms. The number of benzene rings is 3. The van der Waals surface area contributed by atoms with Crippen LogP contribution in [0.15, 0.2) is 66.7 Å². The fourth-order valence-corrected chi connectivity index (χ4v) is 5.09. The van der Waals surface area contributed by atoms with Crippen molar-refractivity contribution in [3.05, 3.63) is 77.9 Å². The molecule has 0 aliphatic heterocycles. The minimum absolute atomic E-state index is 0.00236. The second-order valence-electron chi connectivity index (χ2n) is 9.46. The van der Waals surface area contributed by atoms with Crippen LogP contribution < -0.4 is 14.2 Å². The maximum atomic E-state index is 11.1. The van der Waals surface area contributed by atoms with Crippen LogP contribution in [0, 0.1) is 0 Å². The summed E-state index contributed by atoms with van der Waals surface area (Å²) < 4.78 is 2.60. The van der Waals surface area contributed by atoms with Crippen molar-refractivity contribution in [3.63, 3.8) is 0 Å². The Kier molecular flexibility index (Phi) is 6.12. The van der Waals surface area contributed by atoms with Crippen molar-refractivity contribution in [1.82, 2.24) is 0 Å². The molecule has 2 N–H and O–H groups in total. The normalized spacial score (nSPS) is 12.1. The summed E-state index contributed by atoms with van der Waals surface area (Å²) in [6.45, 7) is 13.1. The number of aromatic hydroxyl groups is 1. The number of hydrogen-bond acceptors (Lipinski definition) is 2. The zero-order chi connectivity index (χ0) is 21.2. The maximum absolute atomic E-state index is 11.1. The molecule has 0 fully saturated rings. The van der Waals surface area contributed by atoms with E-state index in [1.54, 1.807) is 0 Å². The number of nitrogens with one attached hydrogen (secondary N) is 1. The van der Waals surface area contributed by atoms with Gasteiger partial charge in [0.05, 0.1) is 0 Å². The van der Waals surface area contributed by atoms with Crippen LogP contribution in [0.25, 0.3) is 0 Å². The molecule has 0 saturated heterocycles. The van der Waals surface area contributed by atoms with Gasteiger partial charge in [0.25, 0.3) is 0 Å². The molecule has 3 aromatic rings. The molecule has 3 aromatic carbocycles. The third-order valence-corrected chi connectivity index (χ3v) is 7.19. The molecule has 0 unspecified atom stereocenters. The monoisotopic (exact) mass is 453 g/mol. The van der Waals surface area contributed by atoms with Crippen LogP contribution >= 0.6 is 0 Å². The van der Waals surface area contributed by atoms with E-state index >= 15 is 0 Å². The number of anilines is 2. The minimum atomic E-state index is -0.144. The van der Waals surface area contributed by atoms with E-state index in [2.05, 4.69) is 101 Å². The summed E-state index contributed by atoms with van der Waals surface area (Å²) in [6, 6.07) is 23.2. The molecule has 0 amide bonds. The van der Waals surface area contributed by atoms with Gasteiger partial charge in [-0.2, -0.15) is 0 Å². The van der Waals surface area contributed by atoms with E-state index in [0.29, 0.717) is 5.75 Å². The molecular formula is C26H31NOSe. The Labute approximate surface area is 181 Å². The molecule has 0 heterocycles. The molecule has 3 heteroatoms. The summed E-state index contributed by atoms with van der Waals surface area (Å²) in [5.41, 5.74) is 3.87. The summed E-state index contributed by atoms with van der Waals surface area (Å²) in [5.74, 6) is 0.340. The van der Waals surface area contributed by atoms with Crippen LogP contribution in [-0.2, 0) is 10.8 Å². The Morgan fingerprint density at radius 3 is 1.97 bits per heavy atom. The van der Waals surface area contributed by atoms with Crippen LogP contribution in [0.1, 0.15) is 52.7 Å². The van der Waals surface area contributed by atoms with E-state index in [1.807, 2.05) is 12.1 Å². The van der Waals surface area contributed by atoms with Gasteiger partial charge in [0.1, 0.15) is 0 Å². The van der Waals surface area contributed by atoms with Gasteiger partial charge in [-0.3, -0.25) is 0 Å². The summed E-state index contributed by atoms with van der Waals surface area (Å²) in [7, 11) is 0. The Balaban J connectivity index is 2.05. The molecule has 0 radical (unpaired) electrons. The molecule has 0 aliphatic carbocycles. The number of phenols is 1. The molecule has 3 rings (SSSR count). The van der Waals surface area contributed by atoms with Gasteiger partial charge in [-0.15, -0.1) is 0 Å².